The zero-order valence-electron chi connectivity index (χ0n) is 18.1. The van der Waals surface area contributed by atoms with E-state index in [2.05, 4.69) is 16.0 Å². The number of hydrogen-bond acceptors (Lipinski definition) is 7. The molecule has 4 N–H and O–H groups in total. The molecule has 34 heavy (non-hydrogen) atoms. The van der Waals surface area contributed by atoms with Gasteiger partial charge < -0.3 is 10.3 Å². The van der Waals surface area contributed by atoms with Gasteiger partial charge in [-0.25, -0.2) is 23.5 Å². The quantitative estimate of drug-likeness (QED) is 0.451. The molecule has 2 aromatic heterocycles. The Bertz CT molecular complexity index is 1620. The van der Waals surface area contributed by atoms with Crippen LogP contribution in [0.25, 0.3) is 22.5 Å². The number of primary sulfonamides is 1. The van der Waals surface area contributed by atoms with Crippen LogP contribution in [0.3, 0.4) is 0 Å². The van der Waals surface area contributed by atoms with Crippen LogP contribution < -0.4 is 16.4 Å². The van der Waals surface area contributed by atoms with E-state index in [1.807, 2.05) is 13.0 Å². The first-order valence-electron chi connectivity index (χ1n) is 10.1. The van der Waals surface area contributed by atoms with Crippen LogP contribution in [0.2, 0.25) is 0 Å². The van der Waals surface area contributed by atoms with Crippen LogP contribution in [0, 0.1) is 18.3 Å². The van der Waals surface area contributed by atoms with Crippen molar-refractivity contribution in [1.82, 2.24) is 14.5 Å². The summed E-state index contributed by atoms with van der Waals surface area (Å²) in [7, 11) is -3.84. The summed E-state index contributed by atoms with van der Waals surface area (Å²) in [5.74, 6) is 0.0400. The zero-order chi connectivity index (χ0) is 24.5. The van der Waals surface area contributed by atoms with Crippen LogP contribution >= 0.6 is 0 Å². The maximum Gasteiger partial charge on any atom is 0.251 e. The first-order chi connectivity index (χ1) is 16.2. The topological polar surface area (TPSA) is 158 Å². The van der Waals surface area contributed by atoms with E-state index in [1.54, 1.807) is 42.6 Å². The van der Waals surface area contributed by atoms with E-state index in [1.165, 1.54) is 22.8 Å². The molecular formula is C24H20N6O3S. The van der Waals surface area contributed by atoms with Gasteiger partial charge in [-0.05, 0) is 48.4 Å². The lowest BCUT2D eigenvalue weighted by Gasteiger charge is -2.11. The third-order valence-corrected chi connectivity index (χ3v) is 6.26. The van der Waals surface area contributed by atoms with Crippen LogP contribution in [-0.2, 0) is 16.6 Å². The van der Waals surface area contributed by atoms with Gasteiger partial charge in [-0.2, -0.15) is 5.26 Å². The van der Waals surface area contributed by atoms with E-state index in [-0.39, 0.29) is 22.9 Å². The summed E-state index contributed by atoms with van der Waals surface area (Å²) in [5.41, 5.74) is 9.85. The van der Waals surface area contributed by atoms with E-state index < -0.39 is 10.0 Å². The molecule has 2 heterocycles. The second kappa shape index (κ2) is 8.90. The Morgan fingerprint density at radius 1 is 1.03 bits per heavy atom. The van der Waals surface area contributed by atoms with Crippen molar-refractivity contribution in [2.75, 3.05) is 5.73 Å². The van der Waals surface area contributed by atoms with Gasteiger partial charge in [0.2, 0.25) is 16.0 Å². The number of aromatic nitrogens is 3. The molecule has 0 aliphatic heterocycles. The fourth-order valence-corrected chi connectivity index (χ4v) is 4.19. The number of nitrogen functional groups attached to an aromatic ring is 1. The monoisotopic (exact) mass is 472 g/mol. The van der Waals surface area contributed by atoms with E-state index in [0.29, 0.717) is 28.1 Å². The van der Waals surface area contributed by atoms with Crippen LogP contribution in [-0.4, -0.2) is 23.0 Å². The second-order valence-electron chi connectivity index (χ2n) is 7.66. The average molecular weight is 473 g/mol. The standard InChI is InChI=1S/C24H20N6O3S/c1-15-18(13-25)5-3-7-20(15)22-12-21(28-24(26)29-22)17-8-9-30(23(31)11-17)14-16-4-2-6-19(10-16)34(27,32)33/h2-12H,14H2,1H3,(H2,26,28,29)(H2,27,32,33). The number of benzene rings is 2. The molecule has 0 saturated heterocycles. The summed E-state index contributed by atoms with van der Waals surface area (Å²) in [4.78, 5) is 21.3. The van der Waals surface area contributed by atoms with E-state index in [4.69, 9.17) is 10.9 Å². The molecule has 0 saturated carbocycles. The molecule has 4 rings (SSSR count). The third-order valence-electron chi connectivity index (χ3n) is 5.35. The molecule has 0 unspecified atom stereocenters. The van der Waals surface area contributed by atoms with Crippen molar-refractivity contribution in [1.29, 1.82) is 5.26 Å². The fraction of sp³-hybridized carbons (Fsp3) is 0.0833. The highest BCUT2D eigenvalue weighted by Crippen LogP contribution is 2.27. The van der Waals surface area contributed by atoms with Gasteiger partial charge in [0.1, 0.15) is 0 Å². The largest absolute Gasteiger partial charge is 0.368 e. The van der Waals surface area contributed by atoms with Crippen molar-refractivity contribution in [3.05, 3.63) is 93.9 Å². The fourth-order valence-electron chi connectivity index (χ4n) is 3.60. The number of pyridine rings is 1. The highest BCUT2D eigenvalue weighted by atomic mass is 32.2. The van der Waals surface area contributed by atoms with Crippen molar-refractivity contribution in [3.8, 4) is 28.6 Å². The van der Waals surface area contributed by atoms with Crippen molar-refractivity contribution in [3.63, 3.8) is 0 Å². The molecule has 0 atom stereocenters. The number of hydrogen-bond donors (Lipinski definition) is 2. The van der Waals surface area contributed by atoms with E-state index in [0.717, 1.165) is 11.1 Å². The minimum Gasteiger partial charge on any atom is -0.368 e. The summed E-state index contributed by atoms with van der Waals surface area (Å²) < 4.78 is 24.6. The molecule has 4 aromatic rings. The smallest absolute Gasteiger partial charge is 0.251 e. The third kappa shape index (κ3) is 4.71. The predicted octanol–water partition coefficient (Wildman–Crippen LogP) is 2.43. The molecule has 0 aliphatic carbocycles. The summed E-state index contributed by atoms with van der Waals surface area (Å²) in [6.45, 7) is 2.00. The molecule has 0 spiro atoms. The summed E-state index contributed by atoms with van der Waals surface area (Å²) in [6, 6.07) is 18.5. The molecule has 2 aromatic carbocycles. The summed E-state index contributed by atoms with van der Waals surface area (Å²) in [6.07, 6.45) is 1.60. The van der Waals surface area contributed by atoms with Crippen LogP contribution in [0.5, 0.6) is 0 Å². The first kappa shape index (κ1) is 22.8. The van der Waals surface area contributed by atoms with Gasteiger partial charge in [-0.1, -0.05) is 24.3 Å². The molecule has 170 valence electrons. The Hall–Kier alpha value is -4.33. The Morgan fingerprint density at radius 3 is 2.47 bits per heavy atom. The van der Waals surface area contributed by atoms with Gasteiger partial charge in [0, 0.05) is 23.4 Å². The summed E-state index contributed by atoms with van der Waals surface area (Å²) in [5, 5.41) is 14.5. The number of rotatable bonds is 5. The Kier molecular flexibility index (Phi) is 5.98. The normalized spacial score (nSPS) is 11.2. The number of nitrogens with two attached hydrogens (primary N) is 2. The maximum absolute atomic E-state index is 12.8. The minimum absolute atomic E-state index is 0.0191. The van der Waals surface area contributed by atoms with Gasteiger partial charge >= 0.3 is 0 Å². The first-order valence-corrected chi connectivity index (χ1v) is 11.7. The highest BCUT2D eigenvalue weighted by Gasteiger charge is 2.13. The number of nitrogens with zero attached hydrogens (tertiary/aromatic N) is 4. The van der Waals surface area contributed by atoms with Gasteiger partial charge in [0.15, 0.2) is 0 Å². The Balaban J connectivity index is 1.69. The van der Waals surface area contributed by atoms with Crippen LogP contribution in [0.15, 0.2) is 76.6 Å². The van der Waals surface area contributed by atoms with Crippen molar-refractivity contribution >= 4 is 16.0 Å². The Labute approximate surface area is 196 Å². The highest BCUT2D eigenvalue weighted by molar-refractivity contribution is 7.89. The molecule has 0 bridgehead atoms. The molecule has 0 amide bonds. The van der Waals surface area contributed by atoms with Crippen molar-refractivity contribution < 1.29 is 8.42 Å². The van der Waals surface area contributed by atoms with E-state index in [9.17, 15) is 18.5 Å². The van der Waals surface area contributed by atoms with Gasteiger partial charge in [0.05, 0.1) is 34.5 Å². The van der Waals surface area contributed by atoms with E-state index >= 15 is 0 Å². The SMILES string of the molecule is Cc1c(C#N)cccc1-c1cc(-c2ccn(Cc3cccc(S(N)(=O)=O)c3)c(=O)c2)nc(N)n1. The van der Waals surface area contributed by atoms with Gasteiger partial charge in [-0.3, -0.25) is 4.79 Å². The summed E-state index contributed by atoms with van der Waals surface area (Å²) >= 11 is 0. The van der Waals surface area contributed by atoms with Crippen LogP contribution in [0.4, 0.5) is 5.95 Å². The molecule has 0 fully saturated rings. The molecule has 10 heteroatoms. The second-order valence-corrected chi connectivity index (χ2v) is 9.22. The maximum atomic E-state index is 12.8. The average Bonchev–Trinajstić information content (AvgIpc) is 2.80. The van der Waals surface area contributed by atoms with Crippen molar-refractivity contribution in [2.24, 2.45) is 5.14 Å². The lowest BCUT2D eigenvalue weighted by atomic mass is 9.99. The lowest BCUT2D eigenvalue weighted by Crippen LogP contribution is -2.19. The Morgan fingerprint density at radius 2 is 1.76 bits per heavy atom. The molecular weight excluding hydrogens is 452 g/mol. The van der Waals surface area contributed by atoms with Crippen molar-refractivity contribution in [2.45, 2.75) is 18.4 Å². The molecule has 0 radical (unpaired) electrons. The lowest BCUT2D eigenvalue weighted by molar-refractivity contribution is 0.597. The predicted molar refractivity (Wildman–Crippen MR) is 128 cm³/mol. The molecule has 0 aliphatic rings. The van der Waals surface area contributed by atoms with Crippen LogP contribution in [0.1, 0.15) is 16.7 Å². The number of anilines is 1. The van der Waals surface area contributed by atoms with Gasteiger partial charge in [0.25, 0.3) is 5.56 Å². The number of sulfonamides is 1. The zero-order valence-corrected chi connectivity index (χ0v) is 19.0. The molecule has 9 nitrogen and oxygen atoms in total. The van der Waals surface area contributed by atoms with Gasteiger partial charge in [-0.15, -0.1) is 0 Å². The number of nitriles is 1. The minimum atomic E-state index is -3.84.